The molecule has 0 heterocycles. The first-order valence-electron chi connectivity index (χ1n) is 5.64. The van der Waals surface area contributed by atoms with Crippen molar-refractivity contribution in [2.24, 2.45) is 0 Å². The van der Waals surface area contributed by atoms with Gasteiger partial charge in [0, 0.05) is 20.2 Å². The maximum absolute atomic E-state index is 13.7. The molecule has 0 aromatic heterocycles. The topological polar surface area (TPSA) is 12.0 Å². The van der Waals surface area contributed by atoms with Gasteiger partial charge in [-0.2, -0.15) is 0 Å². The molecule has 0 aliphatic carbocycles. The van der Waals surface area contributed by atoms with E-state index in [1.807, 2.05) is 18.2 Å². The van der Waals surface area contributed by atoms with Crippen LogP contribution in [0.15, 0.2) is 45.3 Å². The summed E-state index contributed by atoms with van der Waals surface area (Å²) in [7, 11) is 0. The number of halogens is 4. The lowest BCUT2D eigenvalue weighted by molar-refractivity contribution is 0.544. The highest BCUT2D eigenvalue weighted by molar-refractivity contribution is 9.11. The second kappa shape index (κ2) is 6.01. The van der Waals surface area contributed by atoms with Crippen molar-refractivity contribution in [3.8, 4) is 0 Å². The van der Waals surface area contributed by atoms with E-state index in [0.29, 0.717) is 0 Å². The summed E-state index contributed by atoms with van der Waals surface area (Å²) >= 11 is 6.76. The molecule has 1 unspecified atom stereocenters. The number of benzene rings is 2. The van der Waals surface area contributed by atoms with Gasteiger partial charge >= 0.3 is 0 Å². The van der Waals surface area contributed by atoms with Crippen LogP contribution in [-0.2, 0) is 0 Å². The number of hydrogen-bond acceptors (Lipinski definition) is 1. The Morgan fingerprint density at radius 3 is 2.26 bits per heavy atom. The molecule has 0 fully saturated rings. The molecule has 0 spiro atoms. The smallest absolute Gasteiger partial charge is 0.131 e. The third-order valence-electron chi connectivity index (χ3n) is 2.74. The largest absolute Gasteiger partial charge is 0.377 e. The third kappa shape index (κ3) is 3.34. The summed E-state index contributed by atoms with van der Waals surface area (Å²) in [6, 6.07) is 8.96. The zero-order valence-electron chi connectivity index (χ0n) is 10.1. The number of anilines is 1. The lowest BCUT2D eigenvalue weighted by Gasteiger charge is -2.18. The summed E-state index contributed by atoms with van der Waals surface area (Å²) in [5.41, 5.74) is 0.815. The van der Waals surface area contributed by atoms with Gasteiger partial charge in [-0.05, 0) is 53.2 Å². The van der Waals surface area contributed by atoms with Crippen LogP contribution in [0.1, 0.15) is 18.5 Å². The van der Waals surface area contributed by atoms with Crippen molar-refractivity contribution >= 4 is 37.5 Å². The Morgan fingerprint density at radius 1 is 1.05 bits per heavy atom. The summed E-state index contributed by atoms with van der Waals surface area (Å²) in [6.45, 7) is 1.72. The van der Waals surface area contributed by atoms with E-state index in [-0.39, 0.29) is 5.56 Å². The quantitative estimate of drug-likeness (QED) is 0.712. The minimum atomic E-state index is -0.548. The fourth-order valence-electron chi connectivity index (χ4n) is 1.84. The van der Waals surface area contributed by atoms with E-state index in [1.165, 1.54) is 18.2 Å². The van der Waals surface area contributed by atoms with Crippen LogP contribution in [-0.4, -0.2) is 0 Å². The van der Waals surface area contributed by atoms with Gasteiger partial charge in [-0.3, -0.25) is 0 Å². The van der Waals surface area contributed by atoms with Crippen LogP contribution in [0.4, 0.5) is 14.5 Å². The van der Waals surface area contributed by atoms with Crippen molar-refractivity contribution in [3.05, 3.63) is 62.5 Å². The van der Waals surface area contributed by atoms with Gasteiger partial charge in [-0.1, -0.05) is 22.0 Å². The lowest BCUT2D eigenvalue weighted by Crippen LogP contribution is -2.11. The number of nitrogens with one attached hydrogen (secondary N) is 1. The van der Waals surface area contributed by atoms with E-state index < -0.39 is 17.7 Å². The normalized spacial score (nSPS) is 12.3. The fourth-order valence-corrected chi connectivity index (χ4v) is 3.00. The molecule has 1 atom stereocenters. The summed E-state index contributed by atoms with van der Waals surface area (Å²) in [5, 5.41) is 3.09. The van der Waals surface area contributed by atoms with Gasteiger partial charge in [-0.25, -0.2) is 8.78 Å². The zero-order chi connectivity index (χ0) is 14.0. The van der Waals surface area contributed by atoms with Gasteiger partial charge < -0.3 is 5.32 Å². The predicted molar refractivity (Wildman–Crippen MR) is 80.2 cm³/mol. The molecule has 0 radical (unpaired) electrons. The van der Waals surface area contributed by atoms with E-state index in [0.717, 1.165) is 14.6 Å². The van der Waals surface area contributed by atoms with Gasteiger partial charge in [0.15, 0.2) is 0 Å². The second-order valence-electron chi connectivity index (χ2n) is 4.13. The van der Waals surface area contributed by atoms with Crippen LogP contribution < -0.4 is 5.32 Å². The molecule has 2 rings (SSSR count). The van der Waals surface area contributed by atoms with E-state index in [9.17, 15) is 8.78 Å². The molecule has 100 valence electrons. The molecule has 0 aliphatic rings. The second-order valence-corrected chi connectivity index (χ2v) is 5.90. The lowest BCUT2D eigenvalue weighted by atomic mass is 10.1. The fraction of sp³-hybridized carbons (Fsp3) is 0.143. The van der Waals surface area contributed by atoms with E-state index in [1.54, 1.807) is 6.92 Å². The van der Waals surface area contributed by atoms with Crippen molar-refractivity contribution in [1.29, 1.82) is 0 Å². The molecule has 0 amide bonds. The number of hydrogen-bond donors (Lipinski definition) is 1. The first-order valence-corrected chi connectivity index (χ1v) is 7.23. The Labute approximate surface area is 127 Å². The zero-order valence-corrected chi connectivity index (χ0v) is 13.2. The first kappa shape index (κ1) is 14.5. The van der Waals surface area contributed by atoms with E-state index in [2.05, 4.69) is 37.2 Å². The Morgan fingerprint density at radius 2 is 1.68 bits per heavy atom. The maximum atomic E-state index is 13.7. The summed E-state index contributed by atoms with van der Waals surface area (Å²) in [4.78, 5) is 0. The monoisotopic (exact) mass is 389 g/mol. The van der Waals surface area contributed by atoms with Gasteiger partial charge in [0.1, 0.15) is 11.6 Å². The highest BCUT2D eigenvalue weighted by atomic mass is 79.9. The van der Waals surface area contributed by atoms with Crippen molar-refractivity contribution in [2.45, 2.75) is 13.0 Å². The summed E-state index contributed by atoms with van der Waals surface area (Å²) in [6.07, 6.45) is 0. The SMILES string of the molecule is CC(Nc1ccc(Br)cc1Br)c1c(F)cccc1F. The molecule has 2 aromatic rings. The average molecular weight is 391 g/mol. The molecule has 0 aliphatic heterocycles. The predicted octanol–water partition coefficient (Wildman–Crippen LogP) is 5.66. The molecule has 0 saturated heterocycles. The van der Waals surface area contributed by atoms with Crippen LogP contribution in [0.5, 0.6) is 0 Å². The number of rotatable bonds is 3. The van der Waals surface area contributed by atoms with Gasteiger partial charge in [0.25, 0.3) is 0 Å². The Kier molecular flexibility index (Phi) is 4.58. The van der Waals surface area contributed by atoms with Gasteiger partial charge in [0.05, 0.1) is 6.04 Å². The standard InChI is InChI=1S/C14H11Br2F2N/c1-8(14-11(17)3-2-4-12(14)18)19-13-6-5-9(15)7-10(13)16/h2-8,19H,1H3. The maximum Gasteiger partial charge on any atom is 0.131 e. The molecule has 1 N–H and O–H groups in total. The Balaban J connectivity index is 2.28. The summed E-state index contributed by atoms with van der Waals surface area (Å²) < 4.78 is 29.1. The Bertz CT molecular complexity index is 582. The van der Waals surface area contributed by atoms with Crippen LogP contribution >= 0.6 is 31.9 Å². The van der Waals surface area contributed by atoms with Crippen LogP contribution in [0.25, 0.3) is 0 Å². The third-order valence-corrected chi connectivity index (χ3v) is 3.89. The van der Waals surface area contributed by atoms with E-state index >= 15 is 0 Å². The molecule has 19 heavy (non-hydrogen) atoms. The van der Waals surface area contributed by atoms with Crippen molar-refractivity contribution in [2.75, 3.05) is 5.32 Å². The molecule has 2 aromatic carbocycles. The van der Waals surface area contributed by atoms with Gasteiger partial charge in [-0.15, -0.1) is 0 Å². The van der Waals surface area contributed by atoms with Crippen molar-refractivity contribution < 1.29 is 8.78 Å². The van der Waals surface area contributed by atoms with Crippen molar-refractivity contribution in [3.63, 3.8) is 0 Å². The average Bonchev–Trinajstić information content (AvgIpc) is 2.32. The summed E-state index contributed by atoms with van der Waals surface area (Å²) in [5.74, 6) is -1.10. The highest BCUT2D eigenvalue weighted by Crippen LogP contribution is 2.30. The minimum absolute atomic E-state index is 0.0392. The van der Waals surface area contributed by atoms with Crippen molar-refractivity contribution in [1.82, 2.24) is 0 Å². The molecular formula is C14H11Br2F2N. The molecule has 5 heteroatoms. The van der Waals surface area contributed by atoms with Crippen LogP contribution in [0.3, 0.4) is 0 Å². The molecule has 0 saturated carbocycles. The van der Waals surface area contributed by atoms with Gasteiger partial charge in [0.2, 0.25) is 0 Å². The first-order chi connectivity index (χ1) is 8.99. The molecular weight excluding hydrogens is 380 g/mol. The van der Waals surface area contributed by atoms with Crippen LogP contribution in [0.2, 0.25) is 0 Å². The highest BCUT2D eigenvalue weighted by Gasteiger charge is 2.16. The molecule has 1 nitrogen and oxygen atoms in total. The molecule has 0 bridgehead atoms. The van der Waals surface area contributed by atoms with E-state index in [4.69, 9.17) is 0 Å². The van der Waals surface area contributed by atoms with Crippen LogP contribution in [0, 0.1) is 11.6 Å². The minimum Gasteiger partial charge on any atom is -0.377 e. The Hall–Kier alpha value is -0.940.